The summed E-state index contributed by atoms with van der Waals surface area (Å²) in [6, 6.07) is 6.59. The minimum absolute atomic E-state index is 0.0520. The van der Waals surface area contributed by atoms with Crippen molar-refractivity contribution in [2.75, 3.05) is 13.7 Å². The topological polar surface area (TPSA) is 98.0 Å². The maximum Gasteiger partial charge on any atom is 0.338 e. The van der Waals surface area contributed by atoms with E-state index in [4.69, 9.17) is 19.0 Å². The van der Waals surface area contributed by atoms with Gasteiger partial charge in [0.15, 0.2) is 17.3 Å². The van der Waals surface area contributed by atoms with E-state index in [-0.39, 0.29) is 17.9 Å². The van der Waals surface area contributed by atoms with Crippen LogP contribution in [0.25, 0.3) is 0 Å². The normalized spacial score (nSPS) is 10.3. The second-order valence-electron chi connectivity index (χ2n) is 5.37. The van der Waals surface area contributed by atoms with Crippen molar-refractivity contribution in [3.05, 3.63) is 47.4 Å². The van der Waals surface area contributed by atoms with Crippen LogP contribution in [0.1, 0.15) is 46.2 Å². The lowest BCUT2D eigenvalue weighted by Crippen LogP contribution is -2.22. The van der Waals surface area contributed by atoms with Gasteiger partial charge in [-0.2, -0.15) is 0 Å². The van der Waals surface area contributed by atoms with Crippen LogP contribution in [0, 0.1) is 0 Å². The number of nitrogens with one attached hydrogen (secondary N) is 1. The fourth-order valence-electron chi connectivity index (χ4n) is 2.10. The molecule has 0 fully saturated rings. The van der Waals surface area contributed by atoms with E-state index < -0.39 is 11.9 Å². The average Bonchev–Trinajstić information content (AvgIpc) is 3.11. The van der Waals surface area contributed by atoms with Gasteiger partial charge in [-0.25, -0.2) is 4.79 Å². The van der Waals surface area contributed by atoms with Crippen LogP contribution in [0.15, 0.2) is 34.9 Å². The van der Waals surface area contributed by atoms with Gasteiger partial charge in [-0.1, -0.05) is 19.4 Å². The van der Waals surface area contributed by atoms with Crippen molar-refractivity contribution in [3.63, 3.8) is 0 Å². The summed E-state index contributed by atoms with van der Waals surface area (Å²) in [5.74, 6) is -0.443. The summed E-state index contributed by atoms with van der Waals surface area (Å²) in [6.45, 7) is 2.95. The zero-order chi connectivity index (χ0) is 18.2. The van der Waals surface area contributed by atoms with Gasteiger partial charge in [-0.3, -0.25) is 4.79 Å². The summed E-state index contributed by atoms with van der Waals surface area (Å²) < 4.78 is 15.9. The number of furan rings is 1. The Kier molecular flexibility index (Phi) is 6.45. The predicted molar refractivity (Wildman–Crippen MR) is 90.2 cm³/mol. The Morgan fingerprint density at radius 3 is 2.68 bits per heavy atom. The van der Waals surface area contributed by atoms with E-state index in [1.165, 1.54) is 6.07 Å². The van der Waals surface area contributed by atoms with E-state index in [1.54, 1.807) is 19.2 Å². The highest BCUT2D eigenvalue weighted by molar-refractivity contribution is 5.95. The number of unbranched alkanes of at least 4 members (excludes halogenated alkanes) is 1. The molecule has 0 saturated heterocycles. The van der Waals surface area contributed by atoms with E-state index in [0.717, 1.165) is 24.7 Å². The molecular weight excluding hydrogens is 326 g/mol. The molecule has 2 aromatic rings. The molecule has 134 valence electrons. The molecule has 1 aromatic heterocycles. The number of amides is 1. The van der Waals surface area contributed by atoms with Crippen LogP contribution in [0.2, 0.25) is 0 Å². The Morgan fingerprint density at radius 2 is 2.04 bits per heavy atom. The second-order valence-corrected chi connectivity index (χ2v) is 5.37. The van der Waals surface area contributed by atoms with Crippen LogP contribution < -0.4 is 14.8 Å². The predicted octanol–water partition coefficient (Wildman–Crippen LogP) is 3.10. The summed E-state index contributed by atoms with van der Waals surface area (Å²) in [5, 5.41) is 11.5. The first-order valence-electron chi connectivity index (χ1n) is 7.95. The summed E-state index contributed by atoms with van der Waals surface area (Å²) in [5.41, 5.74) is 0.749. The lowest BCUT2D eigenvalue weighted by molar-refractivity contribution is 0.0695. The molecule has 0 atom stereocenters. The molecule has 25 heavy (non-hydrogen) atoms. The summed E-state index contributed by atoms with van der Waals surface area (Å²) >= 11 is 0. The standard InChI is InChI=1S/C18H21NO6/c1-3-4-7-24-14-6-5-12(8-15(14)23-2)10-19-17(20)16-9-13(11-25-16)18(21)22/h5-6,8-9,11H,3-4,7,10H2,1-2H3,(H,19,20)(H,21,22). The molecule has 0 unspecified atom stereocenters. The largest absolute Gasteiger partial charge is 0.493 e. The van der Waals surface area contributed by atoms with Crippen LogP contribution in [-0.2, 0) is 6.54 Å². The van der Waals surface area contributed by atoms with Gasteiger partial charge in [0.2, 0.25) is 0 Å². The van der Waals surface area contributed by atoms with Crippen LogP contribution >= 0.6 is 0 Å². The van der Waals surface area contributed by atoms with Gasteiger partial charge in [0, 0.05) is 12.6 Å². The Morgan fingerprint density at radius 1 is 1.24 bits per heavy atom. The van der Waals surface area contributed by atoms with Crippen LogP contribution in [-0.4, -0.2) is 30.7 Å². The lowest BCUT2D eigenvalue weighted by Gasteiger charge is -2.12. The number of ether oxygens (including phenoxy) is 2. The number of aromatic carboxylic acids is 1. The molecule has 0 radical (unpaired) electrons. The Balaban J connectivity index is 1.97. The van der Waals surface area contributed by atoms with Crippen molar-refractivity contribution < 1.29 is 28.6 Å². The fraction of sp³-hybridized carbons (Fsp3) is 0.333. The molecular formula is C18H21NO6. The molecule has 0 aliphatic carbocycles. The van der Waals surface area contributed by atoms with Crippen molar-refractivity contribution in [1.29, 1.82) is 0 Å². The fourth-order valence-corrected chi connectivity index (χ4v) is 2.10. The summed E-state index contributed by atoms with van der Waals surface area (Å²) in [4.78, 5) is 22.8. The molecule has 2 N–H and O–H groups in total. The lowest BCUT2D eigenvalue weighted by atomic mass is 10.2. The first kappa shape index (κ1) is 18.4. The minimum atomic E-state index is -1.15. The molecule has 7 nitrogen and oxygen atoms in total. The third-order valence-corrected chi connectivity index (χ3v) is 3.51. The van der Waals surface area contributed by atoms with Gasteiger partial charge in [0.1, 0.15) is 6.26 Å². The number of hydrogen-bond acceptors (Lipinski definition) is 5. The minimum Gasteiger partial charge on any atom is -0.493 e. The van der Waals surface area contributed by atoms with E-state index in [2.05, 4.69) is 12.2 Å². The molecule has 0 aliphatic rings. The van der Waals surface area contributed by atoms with Crippen molar-refractivity contribution in [3.8, 4) is 11.5 Å². The molecule has 0 aliphatic heterocycles. The number of carbonyl (C=O) groups is 2. The SMILES string of the molecule is CCCCOc1ccc(CNC(=O)c2cc(C(=O)O)co2)cc1OC. The molecule has 0 saturated carbocycles. The summed E-state index contributed by atoms with van der Waals surface area (Å²) in [7, 11) is 1.56. The third kappa shape index (κ3) is 5.00. The summed E-state index contributed by atoms with van der Waals surface area (Å²) in [6.07, 6.45) is 3.04. The average molecular weight is 347 g/mol. The highest BCUT2D eigenvalue weighted by Gasteiger charge is 2.14. The van der Waals surface area contributed by atoms with Crippen molar-refractivity contribution in [1.82, 2.24) is 5.32 Å². The van der Waals surface area contributed by atoms with Crippen molar-refractivity contribution >= 4 is 11.9 Å². The monoisotopic (exact) mass is 347 g/mol. The number of benzene rings is 1. The number of carboxylic acids is 1. The van der Waals surface area contributed by atoms with Gasteiger partial charge >= 0.3 is 5.97 Å². The first-order chi connectivity index (χ1) is 12.0. The number of carboxylic acid groups (broad SMARTS) is 1. The van der Waals surface area contributed by atoms with E-state index in [0.29, 0.717) is 18.1 Å². The second kappa shape index (κ2) is 8.77. The third-order valence-electron chi connectivity index (χ3n) is 3.51. The smallest absolute Gasteiger partial charge is 0.338 e. The molecule has 1 aromatic carbocycles. The van der Waals surface area contributed by atoms with Crippen molar-refractivity contribution in [2.24, 2.45) is 0 Å². The van der Waals surface area contributed by atoms with Crippen molar-refractivity contribution in [2.45, 2.75) is 26.3 Å². The Bertz CT molecular complexity index is 737. The van der Waals surface area contributed by atoms with Gasteiger partial charge in [-0.05, 0) is 24.1 Å². The highest BCUT2D eigenvalue weighted by atomic mass is 16.5. The Hall–Kier alpha value is -2.96. The highest BCUT2D eigenvalue weighted by Crippen LogP contribution is 2.28. The molecule has 0 bridgehead atoms. The van der Waals surface area contributed by atoms with Crippen LogP contribution in [0.5, 0.6) is 11.5 Å². The maximum absolute atomic E-state index is 12.0. The number of hydrogen-bond donors (Lipinski definition) is 2. The maximum atomic E-state index is 12.0. The molecule has 0 spiro atoms. The molecule has 1 amide bonds. The van der Waals surface area contributed by atoms with Gasteiger partial charge in [-0.15, -0.1) is 0 Å². The van der Waals surface area contributed by atoms with E-state index in [9.17, 15) is 9.59 Å². The van der Waals surface area contributed by atoms with E-state index >= 15 is 0 Å². The number of rotatable bonds is 9. The Labute approximate surface area is 145 Å². The first-order valence-corrected chi connectivity index (χ1v) is 7.95. The molecule has 1 heterocycles. The zero-order valence-electron chi connectivity index (χ0n) is 14.2. The quantitative estimate of drug-likeness (QED) is 0.677. The number of methoxy groups -OCH3 is 1. The number of carbonyl (C=O) groups excluding carboxylic acids is 1. The zero-order valence-corrected chi connectivity index (χ0v) is 14.2. The molecule has 7 heteroatoms. The van der Waals surface area contributed by atoms with Gasteiger partial charge < -0.3 is 24.3 Å². The van der Waals surface area contributed by atoms with Gasteiger partial charge in [0.05, 0.1) is 19.3 Å². The molecule has 2 rings (SSSR count). The van der Waals surface area contributed by atoms with Crippen LogP contribution in [0.4, 0.5) is 0 Å². The van der Waals surface area contributed by atoms with Crippen LogP contribution in [0.3, 0.4) is 0 Å². The van der Waals surface area contributed by atoms with E-state index in [1.807, 2.05) is 6.07 Å². The van der Waals surface area contributed by atoms with Gasteiger partial charge in [0.25, 0.3) is 5.91 Å².